The van der Waals surface area contributed by atoms with Crippen LogP contribution in [0.2, 0.25) is 0 Å². The van der Waals surface area contributed by atoms with E-state index in [1.54, 1.807) is 13.0 Å². The minimum absolute atomic E-state index is 0.148. The number of carbonyl (C=O) groups excluding carboxylic acids is 1. The maximum absolute atomic E-state index is 12.6. The van der Waals surface area contributed by atoms with E-state index in [0.717, 1.165) is 23.2 Å². The van der Waals surface area contributed by atoms with Crippen LogP contribution in [-0.4, -0.2) is 20.9 Å². The molecule has 3 aromatic carbocycles. The molecule has 7 heteroatoms. The first-order valence-corrected chi connectivity index (χ1v) is 11.5. The maximum atomic E-state index is 12.6. The fourth-order valence-corrected chi connectivity index (χ4v) is 4.19. The van der Waals surface area contributed by atoms with E-state index in [2.05, 4.69) is 10.0 Å². The molecule has 0 saturated heterocycles. The van der Waals surface area contributed by atoms with Gasteiger partial charge in [-0.1, -0.05) is 55.5 Å². The zero-order valence-corrected chi connectivity index (χ0v) is 18.4. The van der Waals surface area contributed by atoms with Crippen molar-refractivity contribution in [3.63, 3.8) is 0 Å². The normalized spacial score (nSPS) is 11.2. The van der Waals surface area contributed by atoms with Crippen LogP contribution in [0.4, 0.5) is 5.69 Å². The third kappa shape index (κ3) is 6.16. The Morgan fingerprint density at radius 3 is 2.39 bits per heavy atom. The third-order valence-corrected chi connectivity index (χ3v) is 6.20. The van der Waals surface area contributed by atoms with Crippen molar-refractivity contribution >= 4 is 21.6 Å². The number of para-hydroxylation sites is 1. The van der Waals surface area contributed by atoms with Gasteiger partial charge in [-0.2, -0.15) is 0 Å². The summed E-state index contributed by atoms with van der Waals surface area (Å²) in [6.45, 7) is 3.81. The Morgan fingerprint density at radius 1 is 0.968 bits per heavy atom. The lowest BCUT2D eigenvalue weighted by Gasteiger charge is -2.13. The van der Waals surface area contributed by atoms with Crippen molar-refractivity contribution in [3.05, 3.63) is 89.5 Å². The third-order valence-electron chi connectivity index (χ3n) is 4.80. The summed E-state index contributed by atoms with van der Waals surface area (Å²) in [5.74, 6) is 0.183. The molecule has 0 atom stereocenters. The van der Waals surface area contributed by atoms with E-state index in [4.69, 9.17) is 4.74 Å². The van der Waals surface area contributed by atoms with E-state index < -0.39 is 10.0 Å². The number of ether oxygens (including phenoxy) is 1. The number of aryl methyl sites for hydroxylation is 2. The fourth-order valence-electron chi connectivity index (χ4n) is 3.09. The van der Waals surface area contributed by atoms with Gasteiger partial charge in [0.05, 0.1) is 4.90 Å². The Balaban J connectivity index is 1.60. The van der Waals surface area contributed by atoms with Gasteiger partial charge in [-0.25, -0.2) is 13.1 Å². The summed E-state index contributed by atoms with van der Waals surface area (Å²) in [6, 6.07) is 21.5. The number of hydrogen-bond donors (Lipinski definition) is 2. The molecule has 0 radical (unpaired) electrons. The van der Waals surface area contributed by atoms with Crippen LogP contribution in [0, 0.1) is 6.92 Å². The molecule has 0 spiro atoms. The lowest BCUT2D eigenvalue weighted by atomic mass is 10.1. The Kier molecular flexibility index (Phi) is 7.44. The summed E-state index contributed by atoms with van der Waals surface area (Å²) in [4.78, 5) is 12.4. The number of rotatable bonds is 9. The van der Waals surface area contributed by atoms with Crippen molar-refractivity contribution in [2.24, 2.45) is 0 Å². The van der Waals surface area contributed by atoms with E-state index >= 15 is 0 Å². The first-order chi connectivity index (χ1) is 14.9. The van der Waals surface area contributed by atoms with Crippen LogP contribution in [0.25, 0.3) is 0 Å². The largest absolute Gasteiger partial charge is 0.483 e. The molecule has 0 fully saturated rings. The van der Waals surface area contributed by atoms with Crippen LogP contribution in [0.5, 0.6) is 5.75 Å². The monoisotopic (exact) mass is 438 g/mol. The van der Waals surface area contributed by atoms with Crippen molar-refractivity contribution in [2.45, 2.75) is 31.7 Å². The van der Waals surface area contributed by atoms with Gasteiger partial charge in [0.1, 0.15) is 5.75 Å². The van der Waals surface area contributed by atoms with E-state index in [1.165, 1.54) is 12.1 Å². The van der Waals surface area contributed by atoms with Gasteiger partial charge in [-0.15, -0.1) is 0 Å². The summed E-state index contributed by atoms with van der Waals surface area (Å²) in [5, 5.41) is 2.85. The molecule has 2 N–H and O–H groups in total. The number of benzene rings is 3. The topological polar surface area (TPSA) is 84.5 Å². The van der Waals surface area contributed by atoms with Crippen LogP contribution in [0.1, 0.15) is 23.6 Å². The Bertz CT molecular complexity index is 1150. The first kappa shape index (κ1) is 22.5. The molecule has 0 saturated carbocycles. The van der Waals surface area contributed by atoms with Gasteiger partial charge in [-0.05, 0) is 54.3 Å². The number of sulfonamides is 1. The van der Waals surface area contributed by atoms with Crippen molar-refractivity contribution in [1.29, 1.82) is 0 Å². The number of anilines is 1. The van der Waals surface area contributed by atoms with Gasteiger partial charge in [0.2, 0.25) is 10.0 Å². The predicted molar refractivity (Wildman–Crippen MR) is 122 cm³/mol. The molecule has 0 heterocycles. The summed E-state index contributed by atoms with van der Waals surface area (Å²) < 4.78 is 33.4. The van der Waals surface area contributed by atoms with Crippen LogP contribution in [0.15, 0.2) is 77.7 Å². The summed E-state index contributed by atoms with van der Waals surface area (Å²) in [7, 11) is -3.66. The van der Waals surface area contributed by atoms with Gasteiger partial charge in [0.15, 0.2) is 6.61 Å². The lowest BCUT2D eigenvalue weighted by Crippen LogP contribution is -2.23. The average Bonchev–Trinajstić information content (AvgIpc) is 2.78. The second-order valence-corrected chi connectivity index (χ2v) is 8.85. The highest BCUT2D eigenvalue weighted by Gasteiger charge is 2.16. The minimum atomic E-state index is -3.66. The van der Waals surface area contributed by atoms with Gasteiger partial charge < -0.3 is 10.1 Å². The molecule has 0 aromatic heterocycles. The molecule has 0 unspecified atom stereocenters. The highest BCUT2D eigenvalue weighted by atomic mass is 32.2. The van der Waals surface area contributed by atoms with Gasteiger partial charge in [0, 0.05) is 12.2 Å². The number of nitrogens with one attached hydrogen (secondary N) is 2. The number of hydrogen-bond acceptors (Lipinski definition) is 4. The Hall–Kier alpha value is -3.16. The van der Waals surface area contributed by atoms with Crippen LogP contribution in [-0.2, 0) is 27.8 Å². The van der Waals surface area contributed by atoms with Gasteiger partial charge in [0.25, 0.3) is 5.91 Å². The highest BCUT2D eigenvalue weighted by molar-refractivity contribution is 7.89. The molecule has 162 valence electrons. The molecule has 3 aromatic rings. The quantitative estimate of drug-likeness (QED) is 0.528. The van der Waals surface area contributed by atoms with E-state index in [-0.39, 0.29) is 24.0 Å². The Labute approximate surface area is 183 Å². The van der Waals surface area contributed by atoms with Crippen LogP contribution < -0.4 is 14.8 Å². The first-order valence-electron chi connectivity index (χ1n) is 10.0. The fraction of sp³-hybridized carbons (Fsp3) is 0.208. The zero-order valence-electron chi connectivity index (χ0n) is 17.6. The summed E-state index contributed by atoms with van der Waals surface area (Å²) in [5.41, 5.74) is 3.31. The zero-order chi connectivity index (χ0) is 22.3. The van der Waals surface area contributed by atoms with Gasteiger partial charge in [-0.3, -0.25) is 4.79 Å². The van der Waals surface area contributed by atoms with Crippen molar-refractivity contribution < 1.29 is 17.9 Å². The number of amides is 1. The minimum Gasteiger partial charge on any atom is -0.483 e. The number of carbonyl (C=O) groups is 1. The van der Waals surface area contributed by atoms with E-state index in [1.807, 2.05) is 61.5 Å². The van der Waals surface area contributed by atoms with E-state index in [9.17, 15) is 13.2 Å². The van der Waals surface area contributed by atoms with Crippen LogP contribution >= 0.6 is 0 Å². The smallest absolute Gasteiger partial charge is 0.262 e. The lowest BCUT2D eigenvalue weighted by molar-refractivity contribution is -0.118. The van der Waals surface area contributed by atoms with Gasteiger partial charge >= 0.3 is 0 Å². The second-order valence-electron chi connectivity index (χ2n) is 7.09. The molecular weight excluding hydrogens is 412 g/mol. The SMILES string of the molecule is CCc1ccccc1NC(=O)COc1ccc(S(=O)(=O)NCc2ccccc2)cc1C. The average molecular weight is 439 g/mol. The van der Waals surface area contributed by atoms with Crippen molar-refractivity contribution in [1.82, 2.24) is 4.72 Å². The molecule has 31 heavy (non-hydrogen) atoms. The predicted octanol–water partition coefficient (Wildman–Crippen LogP) is 4.05. The molecule has 0 aliphatic rings. The molecule has 0 aliphatic carbocycles. The molecule has 3 rings (SSSR count). The van der Waals surface area contributed by atoms with Crippen LogP contribution in [0.3, 0.4) is 0 Å². The van der Waals surface area contributed by atoms with Crippen molar-refractivity contribution in [2.75, 3.05) is 11.9 Å². The van der Waals surface area contributed by atoms with Crippen molar-refractivity contribution in [3.8, 4) is 5.75 Å². The molecule has 1 amide bonds. The maximum Gasteiger partial charge on any atom is 0.262 e. The molecule has 0 bridgehead atoms. The molecule has 6 nitrogen and oxygen atoms in total. The molecule has 0 aliphatic heterocycles. The van der Waals surface area contributed by atoms with E-state index in [0.29, 0.717) is 11.3 Å². The molecular formula is C24H26N2O4S. The summed E-state index contributed by atoms with van der Waals surface area (Å²) in [6.07, 6.45) is 0.810. The highest BCUT2D eigenvalue weighted by Crippen LogP contribution is 2.22. The Morgan fingerprint density at radius 2 is 1.68 bits per heavy atom. The standard InChI is InChI=1S/C24H26N2O4S/c1-3-20-11-7-8-12-22(20)26-24(27)17-30-23-14-13-21(15-18(23)2)31(28,29)25-16-19-9-5-4-6-10-19/h4-15,25H,3,16-17H2,1-2H3,(H,26,27). The summed E-state index contributed by atoms with van der Waals surface area (Å²) >= 11 is 0. The second kappa shape index (κ2) is 10.2.